The molecule has 0 radical (unpaired) electrons. The Hall–Kier alpha value is -1.30. The Labute approximate surface area is 127 Å². The van der Waals surface area contributed by atoms with Crippen LogP contribution in [-0.2, 0) is 20.7 Å². The minimum absolute atomic E-state index is 0.218. The molecule has 0 atom stereocenters. The van der Waals surface area contributed by atoms with Gasteiger partial charge in [0, 0.05) is 13.5 Å². The maximum atomic E-state index is 11.1. The standard InChI is InChI=1S/C11H10Cl2O5.C2H6/c1-18-11(9(14)15,10(16)17)5-6-2-3-7(12)8(13)4-6;1-2/h2-4H,5H2,1H3,(H,14,15)(H,16,17);1-2H3. The van der Waals surface area contributed by atoms with Gasteiger partial charge in [0.25, 0.3) is 5.60 Å². The lowest BCUT2D eigenvalue weighted by atomic mass is 9.94. The fourth-order valence-corrected chi connectivity index (χ4v) is 1.75. The summed E-state index contributed by atoms with van der Waals surface area (Å²) >= 11 is 11.5. The number of benzene rings is 1. The van der Waals surface area contributed by atoms with Crippen LogP contribution in [0.1, 0.15) is 19.4 Å². The molecule has 0 spiro atoms. The number of carboxylic acid groups (broad SMARTS) is 2. The molecule has 2 N–H and O–H groups in total. The molecule has 1 rings (SSSR count). The number of halogens is 2. The van der Waals surface area contributed by atoms with Gasteiger partial charge in [-0.3, -0.25) is 0 Å². The minimum atomic E-state index is -2.34. The summed E-state index contributed by atoms with van der Waals surface area (Å²) in [6.45, 7) is 4.00. The molecule has 0 aliphatic carbocycles. The van der Waals surface area contributed by atoms with Crippen molar-refractivity contribution in [1.82, 2.24) is 0 Å². The highest BCUT2D eigenvalue weighted by atomic mass is 35.5. The van der Waals surface area contributed by atoms with E-state index >= 15 is 0 Å². The fourth-order valence-electron chi connectivity index (χ4n) is 1.43. The molecule has 0 saturated carbocycles. The van der Waals surface area contributed by atoms with Crippen molar-refractivity contribution in [3.8, 4) is 0 Å². The third-order valence-electron chi connectivity index (χ3n) is 2.48. The van der Waals surface area contributed by atoms with Crippen molar-refractivity contribution < 1.29 is 24.5 Å². The lowest BCUT2D eigenvalue weighted by Gasteiger charge is -2.23. The van der Waals surface area contributed by atoms with E-state index in [1.165, 1.54) is 18.2 Å². The van der Waals surface area contributed by atoms with Crippen molar-refractivity contribution in [3.05, 3.63) is 33.8 Å². The molecule has 0 aromatic heterocycles. The first kappa shape index (κ1) is 18.7. The predicted molar refractivity (Wildman–Crippen MR) is 76.5 cm³/mol. The molecule has 0 fully saturated rings. The van der Waals surface area contributed by atoms with Gasteiger partial charge in [0.15, 0.2) is 0 Å². The Morgan fingerprint density at radius 1 is 1.15 bits per heavy atom. The molecular weight excluding hydrogens is 307 g/mol. The quantitative estimate of drug-likeness (QED) is 0.814. The van der Waals surface area contributed by atoms with Crippen LogP contribution in [0.15, 0.2) is 18.2 Å². The molecule has 0 saturated heterocycles. The van der Waals surface area contributed by atoms with Gasteiger partial charge >= 0.3 is 11.9 Å². The number of aliphatic carboxylic acids is 2. The maximum Gasteiger partial charge on any atom is 0.348 e. The first-order valence-electron chi connectivity index (χ1n) is 5.79. The average molecular weight is 323 g/mol. The van der Waals surface area contributed by atoms with Crippen LogP contribution in [-0.4, -0.2) is 34.9 Å². The van der Waals surface area contributed by atoms with Gasteiger partial charge in [0.2, 0.25) is 0 Å². The summed E-state index contributed by atoms with van der Waals surface area (Å²) in [5, 5.41) is 18.5. The Morgan fingerprint density at radius 3 is 2.00 bits per heavy atom. The van der Waals surface area contributed by atoms with E-state index in [1.54, 1.807) is 0 Å². The number of rotatable bonds is 5. The second-order valence-electron chi connectivity index (χ2n) is 3.57. The molecule has 0 aliphatic rings. The summed E-state index contributed by atoms with van der Waals surface area (Å²) in [6, 6.07) is 4.36. The molecular formula is C13H16Cl2O5. The maximum absolute atomic E-state index is 11.1. The Morgan fingerprint density at radius 2 is 1.65 bits per heavy atom. The molecule has 0 unspecified atom stereocenters. The van der Waals surface area contributed by atoms with Gasteiger partial charge in [-0.15, -0.1) is 0 Å². The SMILES string of the molecule is CC.COC(Cc1ccc(Cl)c(Cl)c1)(C(=O)O)C(=O)O. The minimum Gasteiger partial charge on any atom is -0.479 e. The molecule has 1 aromatic rings. The summed E-state index contributed by atoms with van der Waals surface area (Å²) < 4.78 is 4.66. The highest BCUT2D eigenvalue weighted by Gasteiger charge is 2.47. The molecule has 5 nitrogen and oxygen atoms in total. The molecule has 0 aliphatic heterocycles. The number of methoxy groups -OCH3 is 1. The zero-order chi connectivity index (χ0) is 15.9. The third kappa shape index (κ3) is 4.10. The van der Waals surface area contributed by atoms with Crippen LogP contribution < -0.4 is 0 Å². The monoisotopic (exact) mass is 322 g/mol. The second-order valence-corrected chi connectivity index (χ2v) is 4.38. The van der Waals surface area contributed by atoms with Crippen LogP contribution >= 0.6 is 23.2 Å². The van der Waals surface area contributed by atoms with Crippen LogP contribution in [0.2, 0.25) is 10.0 Å². The van der Waals surface area contributed by atoms with Crippen molar-refractivity contribution in [2.75, 3.05) is 7.11 Å². The van der Waals surface area contributed by atoms with Gasteiger partial charge in [0.05, 0.1) is 10.0 Å². The van der Waals surface area contributed by atoms with Crippen molar-refractivity contribution >= 4 is 35.1 Å². The van der Waals surface area contributed by atoms with E-state index < -0.39 is 17.5 Å². The number of carbonyl (C=O) groups is 2. The number of ether oxygens (including phenoxy) is 1. The van der Waals surface area contributed by atoms with E-state index in [4.69, 9.17) is 33.4 Å². The van der Waals surface area contributed by atoms with E-state index in [0.717, 1.165) is 7.11 Å². The summed E-state index contributed by atoms with van der Waals surface area (Å²) in [4.78, 5) is 22.2. The van der Waals surface area contributed by atoms with Crippen molar-refractivity contribution in [1.29, 1.82) is 0 Å². The van der Waals surface area contributed by atoms with E-state index in [1.807, 2.05) is 13.8 Å². The molecule has 7 heteroatoms. The van der Waals surface area contributed by atoms with E-state index in [-0.39, 0.29) is 11.4 Å². The smallest absolute Gasteiger partial charge is 0.348 e. The van der Waals surface area contributed by atoms with Gasteiger partial charge in [0.1, 0.15) is 0 Å². The van der Waals surface area contributed by atoms with Crippen LogP contribution in [0.4, 0.5) is 0 Å². The topological polar surface area (TPSA) is 83.8 Å². The molecule has 0 amide bonds. The summed E-state index contributed by atoms with van der Waals surface area (Å²) in [5.41, 5.74) is -1.94. The van der Waals surface area contributed by atoms with E-state index in [9.17, 15) is 9.59 Å². The Balaban J connectivity index is 0.00000172. The van der Waals surface area contributed by atoms with Gasteiger partial charge in [-0.05, 0) is 17.7 Å². The first-order chi connectivity index (χ1) is 9.33. The van der Waals surface area contributed by atoms with Crippen LogP contribution in [0.25, 0.3) is 0 Å². The number of carboxylic acids is 2. The van der Waals surface area contributed by atoms with Crippen LogP contribution in [0.5, 0.6) is 0 Å². The largest absolute Gasteiger partial charge is 0.479 e. The first-order valence-corrected chi connectivity index (χ1v) is 6.55. The van der Waals surface area contributed by atoms with Gasteiger partial charge in [-0.1, -0.05) is 43.1 Å². The summed E-state index contributed by atoms with van der Waals surface area (Å²) in [7, 11) is 1.03. The van der Waals surface area contributed by atoms with Gasteiger partial charge in [-0.25, -0.2) is 9.59 Å². The van der Waals surface area contributed by atoms with Gasteiger partial charge in [-0.2, -0.15) is 0 Å². The van der Waals surface area contributed by atoms with Crippen molar-refractivity contribution in [2.24, 2.45) is 0 Å². The van der Waals surface area contributed by atoms with E-state index in [0.29, 0.717) is 10.6 Å². The lowest BCUT2D eigenvalue weighted by molar-refractivity contribution is -0.179. The lowest BCUT2D eigenvalue weighted by Crippen LogP contribution is -2.50. The second kappa shape index (κ2) is 8.09. The van der Waals surface area contributed by atoms with E-state index in [2.05, 4.69) is 4.74 Å². The van der Waals surface area contributed by atoms with Gasteiger partial charge < -0.3 is 14.9 Å². The average Bonchev–Trinajstić information content (AvgIpc) is 2.41. The molecule has 112 valence electrons. The number of hydrogen-bond donors (Lipinski definition) is 2. The van der Waals surface area contributed by atoms with Crippen LogP contribution in [0, 0.1) is 0 Å². The fraction of sp³-hybridized carbons (Fsp3) is 0.385. The van der Waals surface area contributed by atoms with Crippen molar-refractivity contribution in [3.63, 3.8) is 0 Å². The predicted octanol–water partition coefficient (Wildman–Crippen LogP) is 3.12. The highest BCUT2D eigenvalue weighted by Crippen LogP contribution is 2.26. The zero-order valence-corrected chi connectivity index (χ0v) is 12.8. The molecule has 0 bridgehead atoms. The summed E-state index contributed by atoms with van der Waals surface area (Å²) in [5.74, 6) is -3.16. The highest BCUT2D eigenvalue weighted by molar-refractivity contribution is 6.42. The normalized spacial score (nSPS) is 10.4. The summed E-state index contributed by atoms with van der Waals surface area (Å²) in [6.07, 6.45) is -0.356. The molecule has 1 aromatic carbocycles. The van der Waals surface area contributed by atoms with Crippen molar-refractivity contribution in [2.45, 2.75) is 25.9 Å². The van der Waals surface area contributed by atoms with Crippen LogP contribution in [0.3, 0.4) is 0 Å². The molecule has 20 heavy (non-hydrogen) atoms. The third-order valence-corrected chi connectivity index (χ3v) is 3.22. The Bertz CT molecular complexity index is 474. The zero-order valence-electron chi connectivity index (χ0n) is 11.3. The number of hydrogen-bond acceptors (Lipinski definition) is 3. The molecule has 0 heterocycles. The Kier molecular flexibility index (Phi) is 7.57.